The van der Waals surface area contributed by atoms with Gasteiger partial charge in [0.1, 0.15) is 12.3 Å². The summed E-state index contributed by atoms with van der Waals surface area (Å²) in [6.07, 6.45) is -0.145. The molecule has 0 spiro atoms. The summed E-state index contributed by atoms with van der Waals surface area (Å²) in [5.41, 5.74) is 1.54. The Balaban J connectivity index is 2.22. The number of amides is 1. The zero-order valence-electron chi connectivity index (χ0n) is 9.23. The topological polar surface area (TPSA) is 77.3 Å². The predicted molar refractivity (Wildman–Crippen MR) is 64.7 cm³/mol. The lowest BCUT2D eigenvalue weighted by molar-refractivity contribution is -0.115. The van der Waals surface area contributed by atoms with Crippen LogP contribution in [-0.2, 0) is 4.79 Å². The summed E-state index contributed by atoms with van der Waals surface area (Å²) in [6.45, 7) is 1.56. The molecule has 1 amide bonds. The van der Waals surface area contributed by atoms with Crippen molar-refractivity contribution >= 4 is 17.4 Å². The van der Waals surface area contributed by atoms with Gasteiger partial charge in [0.05, 0.1) is 18.3 Å². The first-order valence-corrected chi connectivity index (χ1v) is 5.36. The monoisotopic (exact) mass is 228 g/mol. The van der Waals surface area contributed by atoms with Gasteiger partial charge in [0.25, 0.3) is 0 Å². The summed E-state index contributed by atoms with van der Waals surface area (Å²) >= 11 is 0. The predicted octanol–water partition coefficient (Wildman–Crippen LogP) is 0.889. The molecule has 0 aliphatic carbocycles. The SMILES string of the molecule is N#CCC(=O)Nc1ccccc1C1=NCCN1. The Labute approximate surface area is 99.2 Å². The molecule has 0 radical (unpaired) electrons. The molecule has 5 nitrogen and oxygen atoms in total. The zero-order valence-corrected chi connectivity index (χ0v) is 9.23. The van der Waals surface area contributed by atoms with Gasteiger partial charge in [-0.1, -0.05) is 12.1 Å². The molecule has 2 N–H and O–H groups in total. The van der Waals surface area contributed by atoms with E-state index in [-0.39, 0.29) is 12.3 Å². The Hall–Kier alpha value is -2.35. The maximum Gasteiger partial charge on any atom is 0.238 e. The standard InChI is InChI=1S/C12H12N4O/c13-6-5-11(17)16-10-4-2-1-3-9(10)12-14-7-8-15-12/h1-4H,5,7-8H2,(H,14,15)(H,16,17). The highest BCUT2D eigenvalue weighted by molar-refractivity contribution is 6.07. The molecular formula is C12H12N4O. The largest absolute Gasteiger partial charge is 0.368 e. The number of amidine groups is 1. The second-order valence-corrected chi connectivity index (χ2v) is 3.59. The second-order valence-electron chi connectivity index (χ2n) is 3.59. The van der Waals surface area contributed by atoms with Gasteiger partial charge in [0.15, 0.2) is 0 Å². The van der Waals surface area contributed by atoms with E-state index in [4.69, 9.17) is 5.26 Å². The molecule has 1 aromatic carbocycles. The van der Waals surface area contributed by atoms with E-state index in [0.717, 1.165) is 24.5 Å². The van der Waals surface area contributed by atoms with Gasteiger partial charge in [-0.15, -0.1) is 0 Å². The van der Waals surface area contributed by atoms with Crippen LogP contribution in [0.1, 0.15) is 12.0 Å². The Morgan fingerprint density at radius 1 is 1.53 bits per heavy atom. The molecule has 1 aromatic rings. The number of hydrogen-bond donors (Lipinski definition) is 2. The molecule has 1 aliphatic heterocycles. The number of aliphatic imine (C=N–C) groups is 1. The van der Waals surface area contributed by atoms with E-state index in [2.05, 4.69) is 15.6 Å². The van der Waals surface area contributed by atoms with Crippen LogP contribution in [-0.4, -0.2) is 24.8 Å². The minimum atomic E-state index is -0.307. The van der Waals surface area contributed by atoms with E-state index >= 15 is 0 Å². The number of nitrogens with zero attached hydrogens (tertiary/aromatic N) is 2. The number of carbonyl (C=O) groups is 1. The number of nitrogens with one attached hydrogen (secondary N) is 2. The average molecular weight is 228 g/mol. The van der Waals surface area contributed by atoms with Gasteiger partial charge in [0, 0.05) is 12.1 Å². The Kier molecular flexibility index (Phi) is 3.36. The van der Waals surface area contributed by atoms with Crippen molar-refractivity contribution in [2.75, 3.05) is 18.4 Å². The number of nitriles is 1. The first kappa shape index (κ1) is 11.1. The molecule has 0 saturated carbocycles. The van der Waals surface area contributed by atoms with Crippen molar-refractivity contribution in [3.8, 4) is 6.07 Å². The Morgan fingerprint density at radius 2 is 2.35 bits per heavy atom. The fourth-order valence-corrected chi connectivity index (χ4v) is 1.64. The number of anilines is 1. The average Bonchev–Trinajstić information content (AvgIpc) is 2.83. The van der Waals surface area contributed by atoms with Crippen molar-refractivity contribution in [3.63, 3.8) is 0 Å². The van der Waals surface area contributed by atoms with E-state index in [0.29, 0.717) is 5.69 Å². The molecule has 0 saturated heterocycles. The van der Waals surface area contributed by atoms with Gasteiger partial charge in [-0.05, 0) is 12.1 Å². The number of hydrogen-bond acceptors (Lipinski definition) is 4. The molecule has 1 heterocycles. The smallest absolute Gasteiger partial charge is 0.238 e. The van der Waals surface area contributed by atoms with E-state index < -0.39 is 0 Å². The van der Waals surface area contributed by atoms with Gasteiger partial charge in [-0.25, -0.2) is 0 Å². The van der Waals surface area contributed by atoms with Crippen LogP contribution in [0.2, 0.25) is 0 Å². The summed E-state index contributed by atoms with van der Waals surface area (Å²) in [7, 11) is 0. The van der Waals surface area contributed by atoms with Crippen LogP contribution in [0.4, 0.5) is 5.69 Å². The van der Waals surface area contributed by atoms with Crippen LogP contribution in [0.5, 0.6) is 0 Å². The van der Waals surface area contributed by atoms with Gasteiger partial charge >= 0.3 is 0 Å². The number of rotatable bonds is 3. The minimum absolute atomic E-state index is 0.145. The summed E-state index contributed by atoms with van der Waals surface area (Å²) in [4.78, 5) is 15.7. The lowest BCUT2D eigenvalue weighted by Crippen LogP contribution is -2.22. The molecule has 5 heteroatoms. The fraction of sp³-hybridized carbons (Fsp3) is 0.250. The molecule has 0 aromatic heterocycles. The van der Waals surface area contributed by atoms with Crippen molar-refractivity contribution in [2.45, 2.75) is 6.42 Å². The molecule has 86 valence electrons. The molecule has 0 unspecified atom stereocenters. The van der Waals surface area contributed by atoms with Gasteiger partial charge in [-0.2, -0.15) is 5.26 Å². The van der Waals surface area contributed by atoms with E-state index in [1.165, 1.54) is 0 Å². The fourth-order valence-electron chi connectivity index (χ4n) is 1.64. The van der Waals surface area contributed by atoms with Gasteiger partial charge < -0.3 is 10.6 Å². The lowest BCUT2D eigenvalue weighted by atomic mass is 10.1. The summed E-state index contributed by atoms with van der Waals surface area (Å²) in [5.74, 6) is 0.483. The Morgan fingerprint density at radius 3 is 3.06 bits per heavy atom. The normalized spacial score (nSPS) is 13.5. The first-order chi connectivity index (χ1) is 8.31. The van der Waals surface area contributed by atoms with E-state index in [1.54, 1.807) is 6.07 Å². The number of para-hydroxylation sites is 1. The van der Waals surface area contributed by atoms with Crippen molar-refractivity contribution in [2.24, 2.45) is 4.99 Å². The molecule has 17 heavy (non-hydrogen) atoms. The van der Waals surface area contributed by atoms with Gasteiger partial charge in [-0.3, -0.25) is 9.79 Å². The van der Waals surface area contributed by atoms with Crippen molar-refractivity contribution in [1.82, 2.24) is 5.32 Å². The third kappa shape index (κ3) is 2.61. The molecule has 1 aliphatic rings. The van der Waals surface area contributed by atoms with Crippen LogP contribution in [0.25, 0.3) is 0 Å². The molecule has 0 bridgehead atoms. The highest BCUT2D eigenvalue weighted by atomic mass is 16.1. The molecule has 2 rings (SSSR count). The van der Waals surface area contributed by atoms with E-state index in [9.17, 15) is 4.79 Å². The molecule has 0 fully saturated rings. The van der Waals surface area contributed by atoms with Gasteiger partial charge in [0.2, 0.25) is 5.91 Å². The summed E-state index contributed by atoms with van der Waals surface area (Å²) < 4.78 is 0. The summed E-state index contributed by atoms with van der Waals surface area (Å²) in [5, 5.41) is 14.3. The maximum absolute atomic E-state index is 11.4. The van der Waals surface area contributed by atoms with E-state index in [1.807, 2.05) is 24.3 Å². The first-order valence-electron chi connectivity index (χ1n) is 5.36. The van der Waals surface area contributed by atoms with Crippen molar-refractivity contribution in [3.05, 3.63) is 29.8 Å². The van der Waals surface area contributed by atoms with Crippen LogP contribution < -0.4 is 10.6 Å². The molecule has 0 atom stereocenters. The number of carbonyl (C=O) groups excluding carboxylic acids is 1. The Bertz CT molecular complexity index is 501. The van der Waals surface area contributed by atoms with Crippen molar-refractivity contribution in [1.29, 1.82) is 5.26 Å². The van der Waals surface area contributed by atoms with Crippen LogP contribution in [0.15, 0.2) is 29.3 Å². The molecular weight excluding hydrogens is 216 g/mol. The van der Waals surface area contributed by atoms with Crippen LogP contribution in [0, 0.1) is 11.3 Å². The quantitative estimate of drug-likeness (QED) is 0.806. The lowest BCUT2D eigenvalue weighted by Gasteiger charge is -2.10. The van der Waals surface area contributed by atoms with Crippen LogP contribution >= 0.6 is 0 Å². The second kappa shape index (κ2) is 5.12. The highest BCUT2D eigenvalue weighted by Gasteiger charge is 2.13. The van der Waals surface area contributed by atoms with Crippen LogP contribution in [0.3, 0.4) is 0 Å². The van der Waals surface area contributed by atoms with Crippen molar-refractivity contribution < 1.29 is 4.79 Å². The third-order valence-electron chi connectivity index (χ3n) is 2.37. The zero-order chi connectivity index (χ0) is 12.1. The highest BCUT2D eigenvalue weighted by Crippen LogP contribution is 2.16. The third-order valence-corrected chi connectivity index (χ3v) is 2.37. The minimum Gasteiger partial charge on any atom is -0.368 e. The number of benzene rings is 1. The summed E-state index contributed by atoms with van der Waals surface area (Å²) in [6, 6.07) is 9.23. The maximum atomic E-state index is 11.4.